The quantitative estimate of drug-likeness (QED) is 0.880. The van der Waals surface area contributed by atoms with Crippen LogP contribution < -0.4 is 11.1 Å². The van der Waals surface area contributed by atoms with E-state index in [0.29, 0.717) is 28.7 Å². The minimum absolute atomic E-state index is 0.269. The van der Waals surface area contributed by atoms with Gasteiger partial charge in [-0.05, 0) is 31.0 Å². The number of urea groups is 1. The summed E-state index contributed by atoms with van der Waals surface area (Å²) >= 11 is 11.7. The van der Waals surface area contributed by atoms with Gasteiger partial charge in [-0.15, -0.1) is 0 Å². The van der Waals surface area contributed by atoms with Crippen LogP contribution in [0.2, 0.25) is 10.0 Å². The topological polar surface area (TPSA) is 75.4 Å². The summed E-state index contributed by atoms with van der Waals surface area (Å²) in [6, 6.07) is 3.71. The fourth-order valence-electron chi connectivity index (χ4n) is 2.10. The zero-order valence-corrected chi connectivity index (χ0v) is 11.5. The van der Waals surface area contributed by atoms with E-state index in [2.05, 4.69) is 5.32 Å². The van der Waals surface area contributed by atoms with Crippen LogP contribution in [-0.4, -0.2) is 29.4 Å². The number of carbonyl (C=O) groups excluding carboxylic acids is 2. The minimum atomic E-state index is -0.577. The van der Waals surface area contributed by atoms with Gasteiger partial charge in [-0.2, -0.15) is 0 Å². The van der Waals surface area contributed by atoms with Crippen molar-refractivity contribution in [1.82, 2.24) is 4.90 Å². The zero-order chi connectivity index (χ0) is 14.0. The molecule has 2 rings (SSSR count). The predicted molar refractivity (Wildman–Crippen MR) is 74.4 cm³/mol. The average molecular weight is 302 g/mol. The summed E-state index contributed by atoms with van der Waals surface area (Å²) in [5.41, 5.74) is 5.77. The maximum Gasteiger partial charge on any atom is 0.315 e. The van der Waals surface area contributed by atoms with Crippen LogP contribution in [-0.2, 0) is 4.79 Å². The van der Waals surface area contributed by atoms with Crippen molar-refractivity contribution in [2.75, 3.05) is 11.9 Å². The number of hydrogen-bond donors (Lipinski definition) is 2. The van der Waals surface area contributed by atoms with E-state index in [4.69, 9.17) is 28.9 Å². The first-order valence-electron chi connectivity index (χ1n) is 5.81. The van der Waals surface area contributed by atoms with Gasteiger partial charge in [0.25, 0.3) is 0 Å². The lowest BCUT2D eigenvalue weighted by molar-refractivity contribution is -0.119. The number of amides is 3. The second kappa shape index (κ2) is 5.67. The van der Waals surface area contributed by atoms with Gasteiger partial charge in [0.05, 0.1) is 10.0 Å². The van der Waals surface area contributed by atoms with E-state index in [1.54, 1.807) is 18.2 Å². The summed E-state index contributed by atoms with van der Waals surface area (Å²) in [6.45, 7) is 0.509. The Kier molecular flexibility index (Phi) is 4.17. The lowest BCUT2D eigenvalue weighted by atomic mass is 10.2. The molecule has 19 heavy (non-hydrogen) atoms. The molecule has 1 atom stereocenters. The molecule has 102 valence electrons. The molecule has 0 saturated carbocycles. The smallest absolute Gasteiger partial charge is 0.315 e. The van der Waals surface area contributed by atoms with Gasteiger partial charge in [-0.25, -0.2) is 4.79 Å². The second-order valence-corrected chi connectivity index (χ2v) is 5.12. The number of rotatable bonds is 2. The van der Waals surface area contributed by atoms with Crippen molar-refractivity contribution in [2.24, 2.45) is 5.73 Å². The molecule has 5 nitrogen and oxygen atoms in total. The normalized spacial score (nSPS) is 18.4. The highest BCUT2D eigenvalue weighted by atomic mass is 35.5. The number of likely N-dealkylation sites (tertiary alicyclic amines) is 1. The van der Waals surface area contributed by atoms with Crippen LogP contribution in [0.3, 0.4) is 0 Å². The van der Waals surface area contributed by atoms with Crippen molar-refractivity contribution >= 4 is 40.8 Å². The maximum atomic E-state index is 12.1. The molecule has 0 spiro atoms. The summed E-state index contributed by atoms with van der Waals surface area (Å²) in [4.78, 5) is 24.7. The van der Waals surface area contributed by atoms with Crippen molar-refractivity contribution in [3.05, 3.63) is 28.2 Å². The van der Waals surface area contributed by atoms with Gasteiger partial charge in [-0.3, -0.25) is 4.79 Å². The molecule has 0 aliphatic carbocycles. The fourth-order valence-corrected chi connectivity index (χ4v) is 2.40. The number of hydrogen-bond acceptors (Lipinski definition) is 2. The molecule has 0 aromatic heterocycles. The van der Waals surface area contributed by atoms with Crippen molar-refractivity contribution in [1.29, 1.82) is 0 Å². The number of anilines is 1. The van der Waals surface area contributed by atoms with Crippen LogP contribution in [0.25, 0.3) is 0 Å². The van der Waals surface area contributed by atoms with Crippen LogP contribution in [0.15, 0.2) is 18.2 Å². The lowest BCUT2D eigenvalue weighted by Crippen LogP contribution is -2.45. The van der Waals surface area contributed by atoms with Crippen LogP contribution in [0.1, 0.15) is 12.8 Å². The number of benzene rings is 1. The van der Waals surface area contributed by atoms with Gasteiger partial charge in [0.1, 0.15) is 6.04 Å². The molecule has 1 aliphatic heterocycles. The average Bonchev–Trinajstić information content (AvgIpc) is 2.83. The number of halogens is 2. The number of primary amides is 1. The molecular formula is C12H13Cl2N3O2. The second-order valence-electron chi connectivity index (χ2n) is 4.31. The number of nitrogens with one attached hydrogen (secondary N) is 1. The molecule has 0 unspecified atom stereocenters. The molecule has 1 saturated heterocycles. The molecule has 3 N–H and O–H groups in total. The monoisotopic (exact) mass is 301 g/mol. The Morgan fingerprint density at radius 2 is 2.05 bits per heavy atom. The van der Waals surface area contributed by atoms with Gasteiger partial charge in [0.15, 0.2) is 0 Å². The number of carbonyl (C=O) groups is 2. The zero-order valence-electron chi connectivity index (χ0n) is 10.0. The van der Waals surface area contributed by atoms with E-state index in [-0.39, 0.29) is 5.91 Å². The van der Waals surface area contributed by atoms with E-state index in [9.17, 15) is 9.59 Å². The summed E-state index contributed by atoms with van der Waals surface area (Å²) in [5, 5.41) is 3.48. The Morgan fingerprint density at radius 3 is 2.68 bits per heavy atom. The third-order valence-corrected chi connectivity index (χ3v) is 3.76. The Bertz CT molecular complexity index is 522. The van der Waals surface area contributed by atoms with Crippen LogP contribution in [0.5, 0.6) is 0 Å². The molecule has 1 aromatic rings. The Hall–Kier alpha value is -1.46. The minimum Gasteiger partial charge on any atom is -0.351 e. The highest BCUT2D eigenvalue weighted by molar-refractivity contribution is 6.42. The summed E-state index contributed by atoms with van der Waals surface area (Å²) < 4.78 is 0. The third kappa shape index (κ3) is 3.11. The molecular weight excluding hydrogens is 289 g/mol. The summed E-state index contributed by atoms with van der Waals surface area (Å²) in [7, 11) is 0. The summed E-state index contributed by atoms with van der Waals surface area (Å²) in [6.07, 6.45) is 1.37. The van der Waals surface area contributed by atoms with Crippen molar-refractivity contribution < 1.29 is 9.59 Å². The molecule has 1 aromatic carbocycles. The van der Waals surface area contributed by atoms with E-state index in [0.717, 1.165) is 6.42 Å². The van der Waals surface area contributed by atoms with Crippen molar-refractivity contribution in [3.8, 4) is 0 Å². The highest BCUT2D eigenvalue weighted by Crippen LogP contribution is 2.26. The van der Waals surface area contributed by atoms with Crippen LogP contribution in [0.4, 0.5) is 10.5 Å². The Balaban J connectivity index is 2.08. The maximum absolute atomic E-state index is 12.1. The van der Waals surface area contributed by atoms with Crippen molar-refractivity contribution in [3.63, 3.8) is 0 Å². The van der Waals surface area contributed by atoms with Crippen molar-refractivity contribution in [2.45, 2.75) is 18.9 Å². The van der Waals surface area contributed by atoms with E-state index in [1.165, 1.54) is 4.90 Å². The first-order chi connectivity index (χ1) is 8.99. The lowest BCUT2D eigenvalue weighted by Gasteiger charge is -2.21. The standard InChI is InChI=1S/C12H13Cl2N3O2/c13-8-4-3-7(6-9(8)14)16-11(18)10-2-1-5-17(10)12(15)19/h3-4,6,10H,1-2,5H2,(H2,15,19)(H,16,18)/t10-/m1/s1. The van der Waals surface area contributed by atoms with E-state index >= 15 is 0 Å². The predicted octanol–water partition coefficient (Wildman–Crippen LogP) is 2.47. The molecule has 1 aliphatic rings. The summed E-state index contributed by atoms with van der Waals surface area (Å²) in [5.74, 6) is -0.269. The van der Waals surface area contributed by atoms with Gasteiger partial charge in [-0.1, -0.05) is 23.2 Å². The highest BCUT2D eigenvalue weighted by Gasteiger charge is 2.32. The van der Waals surface area contributed by atoms with Crippen LogP contribution in [0, 0.1) is 0 Å². The molecule has 1 fully saturated rings. The van der Waals surface area contributed by atoms with Crippen LogP contribution >= 0.6 is 23.2 Å². The molecule has 1 heterocycles. The van der Waals surface area contributed by atoms with Gasteiger partial charge in [0, 0.05) is 12.2 Å². The van der Waals surface area contributed by atoms with E-state index in [1.807, 2.05) is 0 Å². The first kappa shape index (κ1) is 14.0. The fraction of sp³-hybridized carbons (Fsp3) is 0.333. The third-order valence-electron chi connectivity index (χ3n) is 3.03. The largest absolute Gasteiger partial charge is 0.351 e. The molecule has 0 bridgehead atoms. The van der Waals surface area contributed by atoms with Gasteiger partial charge >= 0.3 is 6.03 Å². The molecule has 3 amide bonds. The van der Waals surface area contributed by atoms with E-state index < -0.39 is 12.1 Å². The number of nitrogens with zero attached hydrogens (tertiary/aromatic N) is 1. The Labute approximate surface area is 120 Å². The Morgan fingerprint density at radius 1 is 1.32 bits per heavy atom. The SMILES string of the molecule is NC(=O)N1CCC[C@@H]1C(=O)Nc1ccc(Cl)c(Cl)c1. The number of nitrogens with two attached hydrogens (primary N) is 1. The van der Waals surface area contributed by atoms with Gasteiger partial charge < -0.3 is 16.0 Å². The first-order valence-corrected chi connectivity index (χ1v) is 6.56. The van der Waals surface area contributed by atoms with Gasteiger partial charge in [0.2, 0.25) is 5.91 Å². The molecule has 0 radical (unpaired) electrons. The molecule has 7 heteroatoms.